The Hall–Kier alpha value is -1.65. The predicted molar refractivity (Wildman–Crippen MR) is 74.6 cm³/mol. The third-order valence-corrected chi connectivity index (χ3v) is 3.07. The summed E-state index contributed by atoms with van der Waals surface area (Å²) in [5.41, 5.74) is 1.84. The second kappa shape index (κ2) is 7.07. The Morgan fingerprint density at radius 2 is 2.05 bits per heavy atom. The van der Waals surface area contributed by atoms with Crippen LogP contribution in [0.3, 0.4) is 0 Å². The monoisotopic (exact) mass is 261 g/mol. The molecule has 19 heavy (non-hydrogen) atoms. The first-order valence-electron chi connectivity index (χ1n) is 6.46. The Morgan fingerprint density at radius 3 is 2.84 bits per heavy atom. The summed E-state index contributed by atoms with van der Waals surface area (Å²) < 4.78 is 12.5. The zero-order valence-electron chi connectivity index (χ0n) is 11.2. The SMILES string of the molecule is COCCOCCCn1cc(C=O)c2ccccc21. The molecule has 1 aromatic carbocycles. The molecule has 1 heterocycles. The van der Waals surface area contributed by atoms with Crippen LogP contribution in [0.2, 0.25) is 0 Å². The van der Waals surface area contributed by atoms with Crippen molar-refractivity contribution in [1.29, 1.82) is 0 Å². The zero-order valence-corrected chi connectivity index (χ0v) is 11.2. The molecule has 0 saturated heterocycles. The summed E-state index contributed by atoms with van der Waals surface area (Å²) in [4.78, 5) is 11.0. The number of aromatic nitrogens is 1. The van der Waals surface area contributed by atoms with Crippen LogP contribution < -0.4 is 0 Å². The fourth-order valence-electron chi connectivity index (χ4n) is 2.14. The number of carbonyl (C=O) groups is 1. The van der Waals surface area contributed by atoms with E-state index in [0.29, 0.717) is 19.8 Å². The van der Waals surface area contributed by atoms with Gasteiger partial charge in [0.05, 0.1) is 13.2 Å². The maximum atomic E-state index is 11.0. The first-order chi connectivity index (χ1) is 9.36. The van der Waals surface area contributed by atoms with Crippen molar-refractivity contribution in [1.82, 2.24) is 4.57 Å². The van der Waals surface area contributed by atoms with Crippen molar-refractivity contribution in [2.45, 2.75) is 13.0 Å². The Kier molecular flexibility index (Phi) is 5.12. The highest BCUT2D eigenvalue weighted by atomic mass is 16.5. The van der Waals surface area contributed by atoms with Gasteiger partial charge in [-0.3, -0.25) is 4.79 Å². The first kappa shape index (κ1) is 13.8. The van der Waals surface area contributed by atoms with E-state index >= 15 is 0 Å². The normalized spacial score (nSPS) is 11.0. The van der Waals surface area contributed by atoms with Crippen molar-refractivity contribution in [2.75, 3.05) is 26.9 Å². The van der Waals surface area contributed by atoms with Gasteiger partial charge in [-0.15, -0.1) is 0 Å². The molecule has 2 rings (SSSR count). The maximum absolute atomic E-state index is 11.0. The number of benzene rings is 1. The van der Waals surface area contributed by atoms with Gasteiger partial charge in [0.2, 0.25) is 0 Å². The highest BCUT2D eigenvalue weighted by molar-refractivity contribution is 5.97. The quantitative estimate of drug-likeness (QED) is 0.541. The van der Waals surface area contributed by atoms with Gasteiger partial charge >= 0.3 is 0 Å². The second-order valence-corrected chi connectivity index (χ2v) is 4.37. The summed E-state index contributed by atoms with van der Waals surface area (Å²) >= 11 is 0. The number of aryl methyl sites for hydroxylation is 1. The van der Waals surface area contributed by atoms with Crippen LogP contribution in [-0.2, 0) is 16.0 Å². The van der Waals surface area contributed by atoms with E-state index in [1.807, 2.05) is 30.5 Å². The smallest absolute Gasteiger partial charge is 0.152 e. The Morgan fingerprint density at radius 1 is 1.21 bits per heavy atom. The number of methoxy groups -OCH3 is 1. The Labute approximate surface area is 112 Å². The lowest BCUT2D eigenvalue weighted by Crippen LogP contribution is -2.05. The van der Waals surface area contributed by atoms with Gasteiger partial charge in [-0.05, 0) is 12.5 Å². The van der Waals surface area contributed by atoms with Gasteiger partial charge in [0.1, 0.15) is 0 Å². The number of fused-ring (bicyclic) bond motifs is 1. The molecule has 4 heteroatoms. The fourth-order valence-corrected chi connectivity index (χ4v) is 2.14. The molecule has 1 aromatic heterocycles. The van der Waals surface area contributed by atoms with E-state index in [1.165, 1.54) is 0 Å². The van der Waals surface area contributed by atoms with Crippen molar-refractivity contribution in [2.24, 2.45) is 0 Å². The number of nitrogens with zero attached hydrogens (tertiary/aromatic N) is 1. The number of hydrogen-bond acceptors (Lipinski definition) is 3. The number of carbonyl (C=O) groups excluding carboxylic acids is 1. The maximum Gasteiger partial charge on any atom is 0.152 e. The topological polar surface area (TPSA) is 40.5 Å². The Balaban J connectivity index is 1.95. The number of aldehydes is 1. The molecule has 0 aliphatic rings. The molecule has 0 saturated carbocycles. The summed E-state index contributed by atoms with van der Waals surface area (Å²) in [5.74, 6) is 0. The van der Waals surface area contributed by atoms with Crippen molar-refractivity contribution in [3.8, 4) is 0 Å². The van der Waals surface area contributed by atoms with Crippen LogP contribution in [-0.4, -0.2) is 37.8 Å². The minimum atomic E-state index is 0.627. The predicted octanol–water partition coefficient (Wildman–Crippen LogP) is 2.51. The van der Waals surface area contributed by atoms with Gasteiger partial charge in [0.25, 0.3) is 0 Å². The second-order valence-electron chi connectivity index (χ2n) is 4.37. The molecule has 0 atom stereocenters. The van der Waals surface area contributed by atoms with E-state index in [2.05, 4.69) is 4.57 Å². The van der Waals surface area contributed by atoms with E-state index in [4.69, 9.17) is 9.47 Å². The third kappa shape index (κ3) is 3.43. The average Bonchev–Trinajstić information content (AvgIpc) is 2.81. The highest BCUT2D eigenvalue weighted by Gasteiger charge is 2.06. The van der Waals surface area contributed by atoms with Crippen LogP contribution in [0.1, 0.15) is 16.8 Å². The van der Waals surface area contributed by atoms with Gasteiger partial charge in [-0.25, -0.2) is 0 Å². The van der Waals surface area contributed by atoms with Crippen LogP contribution in [0.15, 0.2) is 30.5 Å². The summed E-state index contributed by atoms with van der Waals surface area (Å²) in [6.45, 7) is 2.80. The Bertz CT molecular complexity index is 533. The summed E-state index contributed by atoms with van der Waals surface area (Å²) in [5, 5.41) is 1.01. The van der Waals surface area contributed by atoms with Crippen LogP contribution in [0.25, 0.3) is 10.9 Å². The van der Waals surface area contributed by atoms with Crippen molar-refractivity contribution < 1.29 is 14.3 Å². The van der Waals surface area contributed by atoms with Gasteiger partial charge in [0, 0.05) is 42.9 Å². The first-order valence-corrected chi connectivity index (χ1v) is 6.46. The van der Waals surface area contributed by atoms with Crippen molar-refractivity contribution >= 4 is 17.2 Å². The molecular weight excluding hydrogens is 242 g/mol. The molecular formula is C15H19NO3. The lowest BCUT2D eigenvalue weighted by Gasteiger charge is -2.06. The van der Waals surface area contributed by atoms with E-state index < -0.39 is 0 Å². The van der Waals surface area contributed by atoms with E-state index in [-0.39, 0.29) is 0 Å². The molecule has 0 N–H and O–H groups in total. The van der Waals surface area contributed by atoms with E-state index in [1.54, 1.807) is 7.11 Å². The summed E-state index contributed by atoms with van der Waals surface area (Å²) in [7, 11) is 1.66. The fraction of sp³-hybridized carbons (Fsp3) is 0.400. The van der Waals surface area contributed by atoms with Gasteiger partial charge in [0.15, 0.2) is 6.29 Å². The summed E-state index contributed by atoms with van der Waals surface area (Å²) in [6, 6.07) is 7.95. The zero-order chi connectivity index (χ0) is 13.5. The number of para-hydroxylation sites is 1. The lowest BCUT2D eigenvalue weighted by atomic mass is 10.2. The summed E-state index contributed by atoms with van der Waals surface area (Å²) in [6.07, 6.45) is 3.74. The minimum absolute atomic E-state index is 0.627. The molecule has 4 nitrogen and oxygen atoms in total. The van der Waals surface area contributed by atoms with Crippen molar-refractivity contribution in [3.05, 3.63) is 36.0 Å². The van der Waals surface area contributed by atoms with Crippen LogP contribution in [0.5, 0.6) is 0 Å². The molecule has 0 fully saturated rings. The molecule has 2 aromatic rings. The molecule has 0 aliphatic heterocycles. The average molecular weight is 261 g/mol. The van der Waals surface area contributed by atoms with E-state index in [0.717, 1.165) is 35.7 Å². The molecule has 102 valence electrons. The van der Waals surface area contributed by atoms with Crippen LogP contribution in [0.4, 0.5) is 0 Å². The molecule has 0 amide bonds. The van der Waals surface area contributed by atoms with Crippen molar-refractivity contribution in [3.63, 3.8) is 0 Å². The molecule has 0 spiro atoms. The lowest BCUT2D eigenvalue weighted by molar-refractivity contribution is 0.0681. The number of rotatable bonds is 8. The van der Waals surface area contributed by atoms with Crippen LogP contribution in [0, 0.1) is 0 Å². The molecule has 0 radical (unpaired) electrons. The van der Waals surface area contributed by atoms with E-state index in [9.17, 15) is 4.79 Å². The highest BCUT2D eigenvalue weighted by Crippen LogP contribution is 2.20. The van der Waals surface area contributed by atoms with Gasteiger partial charge in [-0.2, -0.15) is 0 Å². The molecule has 0 unspecified atom stereocenters. The van der Waals surface area contributed by atoms with Crippen LogP contribution >= 0.6 is 0 Å². The van der Waals surface area contributed by atoms with Gasteiger partial charge < -0.3 is 14.0 Å². The largest absolute Gasteiger partial charge is 0.382 e. The number of hydrogen-bond donors (Lipinski definition) is 0. The minimum Gasteiger partial charge on any atom is -0.382 e. The standard InChI is InChI=1S/C15H19NO3/c1-18-9-10-19-8-4-7-16-11-13(12-17)14-5-2-3-6-15(14)16/h2-3,5-6,11-12H,4,7-10H2,1H3. The molecule has 0 aliphatic carbocycles. The number of ether oxygens (including phenoxy) is 2. The van der Waals surface area contributed by atoms with Gasteiger partial charge in [-0.1, -0.05) is 18.2 Å². The third-order valence-electron chi connectivity index (χ3n) is 3.07. The molecule has 0 bridgehead atoms.